The molecule has 1 spiro atoms. The number of nitrogens with zero attached hydrogens (tertiary/aromatic N) is 3. The largest absolute Gasteiger partial charge is 0.355 e. The summed E-state index contributed by atoms with van der Waals surface area (Å²) in [7, 11) is 1.86. The van der Waals surface area contributed by atoms with Gasteiger partial charge < -0.3 is 20.4 Å². The summed E-state index contributed by atoms with van der Waals surface area (Å²) in [5.41, 5.74) is 0.127. The van der Waals surface area contributed by atoms with Crippen LogP contribution < -0.4 is 10.6 Å². The van der Waals surface area contributed by atoms with E-state index < -0.39 is 0 Å². The van der Waals surface area contributed by atoms with Crippen molar-refractivity contribution in [3.63, 3.8) is 0 Å². The third-order valence-corrected chi connectivity index (χ3v) is 5.28. The molecule has 0 aliphatic carbocycles. The molecule has 3 heterocycles. The van der Waals surface area contributed by atoms with Crippen molar-refractivity contribution in [2.24, 2.45) is 10.4 Å². The predicted octanol–water partition coefficient (Wildman–Crippen LogP) is 0.260. The molecule has 1 amide bonds. The standard InChI is InChI=1S/C16H29N5O/c1-17-15(18-6-10-20-7-2-3-8-20)21-9-4-5-16(13-21)11-14(22)19-12-16/h2-13H2,1H3,(H,17,18)(H,19,22). The fraction of sp³-hybridized carbons (Fsp3) is 0.875. The van der Waals surface area contributed by atoms with E-state index >= 15 is 0 Å². The highest BCUT2D eigenvalue weighted by Crippen LogP contribution is 2.35. The molecule has 0 saturated carbocycles. The summed E-state index contributed by atoms with van der Waals surface area (Å²) in [4.78, 5) is 20.9. The number of piperidine rings is 1. The molecule has 0 aromatic carbocycles. The van der Waals surface area contributed by atoms with Crippen LogP contribution in [0, 0.1) is 5.41 Å². The summed E-state index contributed by atoms with van der Waals surface area (Å²) in [6.45, 7) is 7.33. The maximum atomic E-state index is 11.6. The van der Waals surface area contributed by atoms with Crippen LogP contribution >= 0.6 is 0 Å². The molecule has 1 atom stereocenters. The number of nitrogens with one attached hydrogen (secondary N) is 2. The van der Waals surface area contributed by atoms with Gasteiger partial charge in [-0.1, -0.05) is 0 Å². The fourth-order valence-corrected chi connectivity index (χ4v) is 4.09. The van der Waals surface area contributed by atoms with Crippen molar-refractivity contribution in [2.75, 3.05) is 52.9 Å². The molecule has 0 bridgehead atoms. The van der Waals surface area contributed by atoms with Gasteiger partial charge in [-0.15, -0.1) is 0 Å². The number of carbonyl (C=O) groups excluding carboxylic acids is 1. The van der Waals surface area contributed by atoms with Crippen LogP contribution in [0.5, 0.6) is 0 Å². The second kappa shape index (κ2) is 6.86. The van der Waals surface area contributed by atoms with Gasteiger partial charge in [0.1, 0.15) is 0 Å². The highest BCUT2D eigenvalue weighted by atomic mass is 16.1. The van der Waals surface area contributed by atoms with Crippen molar-refractivity contribution in [2.45, 2.75) is 32.1 Å². The molecule has 6 nitrogen and oxygen atoms in total. The van der Waals surface area contributed by atoms with Crippen LogP contribution in [-0.2, 0) is 4.79 Å². The zero-order valence-electron chi connectivity index (χ0n) is 13.7. The highest BCUT2D eigenvalue weighted by Gasteiger charge is 2.42. The second-order valence-electron chi connectivity index (χ2n) is 7.00. The lowest BCUT2D eigenvalue weighted by Gasteiger charge is -2.40. The van der Waals surface area contributed by atoms with Gasteiger partial charge in [-0.25, -0.2) is 0 Å². The Balaban J connectivity index is 1.50. The van der Waals surface area contributed by atoms with Crippen LogP contribution in [-0.4, -0.2) is 74.5 Å². The molecular weight excluding hydrogens is 278 g/mol. The van der Waals surface area contributed by atoms with E-state index in [0.29, 0.717) is 6.42 Å². The van der Waals surface area contributed by atoms with Crippen LogP contribution in [0.1, 0.15) is 32.1 Å². The average Bonchev–Trinajstić information content (AvgIpc) is 3.14. The number of amides is 1. The Morgan fingerprint density at radius 3 is 2.82 bits per heavy atom. The summed E-state index contributed by atoms with van der Waals surface area (Å²) in [5, 5.41) is 6.52. The average molecular weight is 307 g/mol. The third kappa shape index (κ3) is 3.54. The molecule has 124 valence electrons. The van der Waals surface area contributed by atoms with Crippen LogP contribution in [0.4, 0.5) is 0 Å². The maximum absolute atomic E-state index is 11.6. The number of rotatable bonds is 3. The molecule has 1 unspecified atom stereocenters. The van der Waals surface area contributed by atoms with Crippen molar-refractivity contribution in [1.29, 1.82) is 0 Å². The Labute approximate surface area is 133 Å². The molecule has 3 aliphatic heterocycles. The van der Waals surface area contributed by atoms with Crippen molar-refractivity contribution < 1.29 is 4.79 Å². The summed E-state index contributed by atoms with van der Waals surface area (Å²) < 4.78 is 0. The SMILES string of the molecule is CN=C(NCCN1CCCC1)N1CCCC2(CNC(=O)C2)C1. The Morgan fingerprint density at radius 2 is 2.14 bits per heavy atom. The van der Waals surface area contributed by atoms with Gasteiger partial charge in [0.05, 0.1) is 0 Å². The normalized spacial score (nSPS) is 30.1. The molecule has 0 aromatic heterocycles. The number of aliphatic imine (C=N–C) groups is 1. The lowest BCUT2D eigenvalue weighted by molar-refractivity contribution is -0.119. The van der Waals surface area contributed by atoms with E-state index in [9.17, 15) is 4.79 Å². The van der Waals surface area contributed by atoms with E-state index in [1.54, 1.807) is 0 Å². The molecular formula is C16H29N5O. The van der Waals surface area contributed by atoms with Crippen molar-refractivity contribution in [3.05, 3.63) is 0 Å². The summed E-state index contributed by atoms with van der Waals surface area (Å²) in [6.07, 6.45) is 5.64. The first-order chi connectivity index (χ1) is 10.7. The zero-order chi connectivity index (χ0) is 15.4. The molecule has 3 aliphatic rings. The van der Waals surface area contributed by atoms with E-state index in [1.165, 1.54) is 25.9 Å². The van der Waals surface area contributed by atoms with Gasteiger partial charge in [0.2, 0.25) is 5.91 Å². The van der Waals surface area contributed by atoms with Crippen LogP contribution in [0.15, 0.2) is 4.99 Å². The first-order valence-corrected chi connectivity index (χ1v) is 8.65. The number of likely N-dealkylation sites (tertiary alicyclic amines) is 2. The Bertz CT molecular complexity index is 432. The predicted molar refractivity (Wildman–Crippen MR) is 87.9 cm³/mol. The van der Waals surface area contributed by atoms with E-state index in [0.717, 1.165) is 51.5 Å². The van der Waals surface area contributed by atoms with Gasteiger partial charge in [-0.05, 0) is 38.8 Å². The number of carbonyl (C=O) groups is 1. The first-order valence-electron chi connectivity index (χ1n) is 8.65. The first kappa shape index (κ1) is 15.6. The topological polar surface area (TPSA) is 60.0 Å². The number of hydrogen-bond acceptors (Lipinski definition) is 3. The van der Waals surface area contributed by atoms with E-state index in [1.807, 2.05) is 7.05 Å². The highest BCUT2D eigenvalue weighted by molar-refractivity contribution is 5.81. The van der Waals surface area contributed by atoms with Crippen molar-refractivity contribution in [3.8, 4) is 0 Å². The lowest BCUT2D eigenvalue weighted by atomic mass is 9.79. The third-order valence-electron chi connectivity index (χ3n) is 5.28. The smallest absolute Gasteiger partial charge is 0.220 e. The van der Waals surface area contributed by atoms with Crippen LogP contribution in [0.25, 0.3) is 0 Å². The molecule has 22 heavy (non-hydrogen) atoms. The zero-order valence-corrected chi connectivity index (χ0v) is 13.7. The quantitative estimate of drug-likeness (QED) is 0.580. The fourth-order valence-electron chi connectivity index (χ4n) is 4.09. The molecule has 0 aromatic rings. The number of hydrogen-bond donors (Lipinski definition) is 2. The molecule has 0 radical (unpaired) electrons. The van der Waals surface area contributed by atoms with Gasteiger partial charge in [0, 0.05) is 51.6 Å². The summed E-state index contributed by atoms with van der Waals surface area (Å²) in [5.74, 6) is 1.21. The van der Waals surface area contributed by atoms with Crippen LogP contribution in [0.2, 0.25) is 0 Å². The lowest BCUT2D eigenvalue weighted by Crippen LogP contribution is -2.52. The minimum atomic E-state index is 0.127. The van der Waals surface area contributed by atoms with Gasteiger partial charge in [0.15, 0.2) is 5.96 Å². The summed E-state index contributed by atoms with van der Waals surface area (Å²) in [6, 6.07) is 0. The van der Waals surface area contributed by atoms with Gasteiger partial charge >= 0.3 is 0 Å². The monoisotopic (exact) mass is 307 g/mol. The minimum absolute atomic E-state index is 0.127. The van der Waals surface area contributed by atoms with Crippen molar-refractivity contribution >= 4 is 11.9 Å². The Morgan fingerprint density at radius 1 is 1.32 bits per heavy atom. The molecule has 3 saturated heterocycles. The molecule has 3 rings (SSSR count). The van der Waals surface area contributed by atoms with Gasteiger partial charge in [-0.3, -0.25) is 9.79 Å². The van der Waals surface area contributed by atoms with Gasteiger partial charge in [-0.2, -0.15) is 0 Å². The van der Waals surface area contributed by atoms with Crippen molar-refractivity contribution in [1.82, 2.24) is 20.4 Å². The summed E-state index contributed by atoms with van der Waals surface area (Å²) >= 11 is 0. The van der Waals surface area contributed by atoms with E-state index in [2.05, 4.69) is 25.4 Å². The molecule has 3 fully saturated rings. The molecule has 2 N–H and O–H groups in total. The number of guanidine groups is 1. The second-order valence-corrected chi connectivity index (χ2v) is 7.00. The Kier molecular flexibility index (Phi) is 4.86. The maximum Gasteiger partial charge on any atom is 0.220 e. The molecule has 6 heteroatoms. The van der Waals surface area contributed by atoms with Gasteiger partial charge in [0.25, 0.3) is 0 Å². The Hall–Kier alpha value is -1.30. The van der Waals surface area contributed by atoms with E-state index in [4.69, 9.17) is 0 Å². The minimum Gasteiger partial charge on any atom is -0.355 e. The van der Waals surface area contributed by atoms with E-state index in [-0.39, 0.29) is 11.3 Å². The van der Waals surface area contributed by atoms with Crippen LogP contribution in [0.3, 0.4) is 0 Å².